The van der Waals surface area contributed by atoms with Crippen molar-refractivity contribution in [3.05, 3.63) is 29.0 Å². The van der Waals surface area contributed by atoms with E-state index in [4.69, 9.17) is 9.68 Å². The Morgan fingerprint density at radius 1 is 1.53 bits per heavy atom. The van der Waals surface area contributed by atoms with E-state index in [-0.39, 0.29) is 5.92 Å². The van der Waals surface area contributed by atoms with Crippen LogP contribution in [0, 0.1) is 24.2 Å². The van der Waals surface area contributed by atoms with Crippen molar-refractivity contribution in [1.29, 1.82) is 5.26 Å². The largest absolute Gasteiger partial charge is 0.459 e. The van der Waals surface area contributed by atoms with Gasteiger partial charge in [0.05, 0.1) is 17.7 Å². The van der Waals surface area contributed by atoms with Gasteiger partial charge in [0.15, 0.2) is 10.8 Å². The van der Waals surface area contributed by atoms with Crippen LogP contribution in [0.1, 0.15) is 18.4 Å². The Morgan fingerprint density at radius 2 is 2.32 bits per heavy atom. The van der Waals surface area contributed by atoms with Crippen LogP contribution in [0.4, 0.5) is 0 Å². The first-order valence-corrected chi connectivity index (χ1v) is 7.06. The van der Waals surface area contributed by atoms with Crippen molar-refractivity contribution < 1.29 is 4.42 Å². The smallest absolute Gasteiger partial charge is 0.162 e. The molecule has 0 aliphatic carbocycles. The van der Waals surface area contributed by atoms with Crippen LogP contribution in [0.3, 0.4) is 0 Å². The zero-order valence-corrected chi connectivity index (χ0v) is 12.2. The Bertz CT molecular complexity index is 582. The van der Waals surface area contributed by atoms with E-state index >= 15 is 0 Å². The highest BCUT2D eigenvalue weighted by Gasteiger charge is 2.11. The third-order valence-corrected chi connectivity index (χ3v) is 3.65. The minimum absolute atomic E-state index is 0.0378. The zero-order valence-electron chi connectivity index (χ0n) is 11.4. The van der Waals surface area contributed by atoms with Crippen LogP contribution >= 0.6 is 11.3 Å². The topological polar surface area (TPSA) is 53.1 Å². The fourth-order valence-electron chi connectivity index (χ4n) is 1.89. The summed E-state index contributed by atoms with van der Waals surface area (Å²) in [6.45, 7) is 5.36. The maximum Gasteiger partial charge on any atom is 0.162 e. The van der Waals surface area contributed by atoms with E-state index in [1.165, 1.54) is 0 Å². The van der Waals surface area contributed by atoms with E-state index < -0.39 is 0 Å². The van der Waals surface area contributed by atoms with Crippen molar-refractivity contribution >= 4 is 11.3 Å². The lowest BCUT2D eigenvalue weighted by Gasteiger charge is -2.15. The highest BCUT2D eigenvalue weighted by atomic mass is 32.1. The van der Waals surface area contributed by atoms with Crippen molar-refractivity contribution in [2.24, 2.45) is 5.92 Å². The van der Waals surface area contributed by atoms with Gasteiger partial charge < -0.3 is 4.42 Å². The molecule has 0 radical (unpaired) electrons. The summed E-state index contributed by atoms with van der Waals surface area (Å²) in [4.78, 5) is 6.68. The number of hydrogen-bond donors (Lipinski definition) is 0. The lowest BCUT2D eigenvalue weighted by atomic mass is 10.2. The Morgan fingerprint density at radius 3 is 2.95 bits per heavy atom. The van der Waals surface area contributed by atoms with Gasteiger partial charge in [0.2, 0.25) is 0 Å². The molecule has 0 aliphatic rings. The van der Waals surface area contributed by atoms with Gasteiger partial charge >= 0.3 is 0 Å². The summed E-state index contributed by atoms with van der Waals surface area (Å²) >= 11 is 1.59. The molecule has 2 heterocycles. The molecule has 0 saturated heterocycles. The van der Waals surface area contributed by atoms with Gasteiger partial charge in [-0.05, 0) is 33.0 Å². The van der Waals surface area contributed by atoms with Gasteiger partial charge in [-0.2, -0.15) is 5.26 Å². The van der Waals surface area contributed by atoms with Crippen molar-refractivity contribution in [2.75, 3.05) is 13.6 Å². The fraction of sp³-hybridized carbons (Fsp3) is 0.429. The summed E-state index contributed by atoms with van der Waals surface area (Å²) in [5.74, 6) is 1.75. The Hall–Kier alpha value is -1.64. The minimum atomic E-state index is 0.0378. The van der Waals surface area contributed by atoms with E-state index in [2.05, 4.69) is 16.0 Å². The highest BCUT2D eigenvalue weighted by Crippen LogP contribution is 2.25. The predicted octanol–water partition coefficient (Wildman–Crippen LogP) is 3.30. The van der Waals surface area contributed by atoms with Gasteiger partial charge in [0.1, 0.15) is 5.76 Å². The molecule has 0 aromatic carbocycles. The molecule has 100 valence electrons. The van der Waals surface area contributed by atoms with E-state index in [0.29, 0.717) is 0 Å². The van der Waals surface area contributed by atoms with E-state index in [0.717, 1.165) is 35.3 Å². The molecule has 0 amide bonds. The molecule has 4 nitrogen and oxygen atoms in total. The molecule has 0 fully saturated rings. The second-order valence-electron chi connectivity index (χ2n) is 4.78. The zero-order chi connectivity index (χ0) is 13.8. The van der Waals surface area contributed by atoms with Crippen LogP contribution < -0.4 is 0 Å². The number of hydrogen-bond acceptors (Lipinski definition) is 5. The molecule has 0 N–H and O–H groups in total. The SMILES string of the molecule is Cc1ccc(-c2nc(CN(C)C[C@H](C)C#N)cs2)o1. The number of thiazole rings is 1. The molecule has 19 heavy (non-hydrogen) atoms. The number of aryl methyl sites for hydroxylation is 1. The molecule has 0 saturated carbocycles. The standard InChI is InChI=1S/C14H17N3OS/c1-10(6-15)7-17(3)8-12-9-19-14(16-12)13-5-4-11(2)18-13/h4-5,9-10H,7-8H2,1-3H3/t10-/m1/s1. The maximum atomic E-state index is 8.80. The fourth-order valence-corrected chi connectivity index (χ4v) is 2.66. The van der Waals surface area contributed by atoms with Crippen LogP contribution in [-0.4, -0.2) is 23.5 Å². The lowest BCUT2D eigenvalue weighted by molar-refractivity contribution is 0.300. The number of nitriles is 1. The summed E-state index contributed by atoms with van der Waals surface area (Å²) in [7, 11) is 2.00. The van der Waals surface area contributed by atoms with Crippen molar-refractivity contribution in [1.82, 2.24) is 9.88 Å². The first kappa shape index (κ1) is 13.8. The summed E-state index contributed by atoms with van der Waals surface area (Å²) in [6, 6.07) is 6.13. The average Bonchev–Trinajstić information content (AvgIpc) is 2.97. The summed E-state index contributed by atoms with van der Waals surface area (Å²) in [6.07, 6.45) is 0. The van der Waals surface area contributed by atoms with Gasteiger partial charge in [-0.1, -0.05) is 0 Å². The lowest BCUT2D eigenvalue weighted by Crippen LogP contribution is -2.23. The van der Waals surface area contributed by atoms with Gasteiger partial charge in [-0.25, -0.2) is 4.98 Å². The van der Waals surface area contributed by atoms with Crippen molar-refractivity contribution in [3.8, 4) is 16.8 Å². The van der Waals surface area contributed by atoms with E-state index in [1.54, 1.807) is 11.3 Å². The number of aromatic nitrogens is 1. The van der Waals surface area contributed by atoms with E-state index in [9.17, 15) is 0 Å². The normalized spacial score (nSPS) is 12.6. The molecule has 0 aliphatic heterocycles. The van der Waals surface area contributed by atoms with Crippen LogP contribution in [0.5, 0.6) is 0 Å². The first-order chi connectivity index (χ1) is 9.08. The molecule has 1 atom stereocenters. The van der Waals surface area contributed by atoms with Gasteiger partial charge in [-0.15, -0.1) is 11.3 Å². The monoisotopic (exact) mass is 275 g/mol. The van der Waals surface area contributed by atoms with Gasteiger partial charge in [0, 0.05) is 18.5 Å². The second kappa shape index (κ2) is 6.00. The van der Waals surface area contributed by atoms with E-state index in [1.807, 2.05) is 38.4 Å². The maximum absolute atomic E-state index is 8.80. The summed E-state index contributed by atoms with van der Waals surface area (Å²) in [5.41, 5.74) is 1.02. The Balaban J connectivity index is 2.00. The number of nitrogens with zero attached hydrogens (tertiary/aromatic N) is 3. The van der Waals surface area contributed by atoms with Gasteiger partial charge in [0.25, 0.3) is 0 Å². The number of rotatable bonds is 5. The van der Waals surface area contributed by atoms with Crippen molar-refractivity contribution in [3.63, 3.8) is 0 Å². The Labute approximate surface area is 117 Å². The summed E-state index contributed by atoms with van der Waals surface area (Å²) < 4.78 is 5.56. The highest BCUT2D eigenvalue weighted by molar-refractivity contribution is 7.13. The molecule has 0 bridgehead atoms. The molecule has 0 spiro atoms. The number of furan rings is 1. The third-order valence-electron chi connectivity index (χ3n) is 2.74. The molecular formula is C14H17N3OS. The van der Waals surface area contributed by atoms with Crippen LogP contribution in [0.25, 0.3) is 10.8 Å². The Kier molecular flexibility index (Phi) is 4.35. The second-order valence-corrected chi connectivity index (χ2v) is 5.64. The first-order valence-electron chi connectivity index (χ1n) is 6.18. The molecule has 0 unspecified atom stereocenters. The quantitative estimate of drug-likeness (QED) is 0.840. The third kappa shape index (κ3) is 3.66. The van der Waals surface area contributed by atoms with Gasteiger partial charge in [-0.3, -0.25) is 4.90 Å². The molecule has 2 aromatic rings. The van der Waals surface area contributed by atoms with Crippen molar-refractivity contribution in [2.45, 2.75) is 20.4 Å². The molecule has 2 rings (SSSR count). The molecule has 2 aromatic heterocycles. The summed E-state index contributed by atoms with van der Waals surface area (Å²) in [5, 5.41) is 11.8. The molecular weight excluding hydrogens is 258 g/mol. The molecule has 5 heteroatoms. The average molecular weight is 275 g/mol. The van der Waals surface area contributed by atoms with Crippen LogP contribution in [-0.2, 0) is 6.54 Å². The van der Waals surface area contributed by atoms with Crippen LogP contribution in [0.2, 0.25) is 0 Å². The van der Waals surface area contributed by atoms with Crippen LogP contribution in [0.15, 0.2) is 21.9 Å². The predicted molar refractivity (Wildman–Crippen MR) is 75.7 cm³/mol. The minimum Gasteiger partial charge on any atom is -0.459 e.